The lowest BCUT2D eigenvalue weighted by Gasteiger charge is -2.51. The minimum absolute atomic E-state index is 0.203. The van der Waals surface area contributed by atoms with Crippen molar-refractivity contribution in [3.63, 3.8) is 0 Å². The Kier molecular flexibility index (Phi) is 5.02. The van der Waals surface area contributed by atoms with Gasteiger partial charge in [0.1, 0.15) is 6.61 Å². The van der Waals surface area contributed by atoms with E-state index >= 15 is 0 Å². The van der Waals surface area contributed by atoms with Crippen molar-refractivity contribution in [2.45, 2.75) is 45.1 Å². The van der Waals surface area contributed by atoms with Crippen LogP contribution in [0, 0.1) is 5.92 Å². The molecule has 0 unspecified atom stereocenters. The molecule has 2 saturated heterocycles. The topological polar surface area (TPSA) is 52.6 Å². The van der Waals surface area contributed by atoms with Gasteiger partial charge in [-0.1, -0.05) is 0 Å². The predicted octanol–water partition coefficient (Wildman–Crippen LogP) is 1.50. The van der Waals surface area contributed by atoms with Crippen LogP contribution in [0.15, 0.2) is 0 Å². The fourth-order valence-electron chi connectivity index (χ4n) is 3.86. The molecule has 0 aromatic rings. The number of hydrogen-bond acceptors (Lipinski definition) is 4. The summed E-state index contributed by atoms with van der Waals surface area (Å²) in [6, 6.07) is 0.576. The number of quaternary nitrogens is 1. The minimum atomic E-state index is -0.871. The number of esters is 2. The minimum Gasteiger partial charge on any atom is -0.458 e. The van der Waals surface area contributed by atoms with Gasteiger partial charge >= 0.3 is 11.9 Å². The SMILES string of the molecule is CCOC(=O)C(=O)OC[C@@H]1CCC[N@+]2(C)CCCC[C@H]12. The molecule has 0 aromatic carbocycles. The predicted molar refractivity (Wildman–Crippen MR) is 73.9 cm³/mol. The molecule has 0 aliphatic carbocycles. The number of carbonyl (C=O) groups is 2. The summed E-state index contributed by atoms with van der Waals surface area (Å²) >= 11 is 0. The molecule has 0 spiro atoms. The van der Waals surface area contributed by atoms with Crippen LogP contribution in [0.25, 0.3) is 0 Å². The van der Waals surface area contributed by atoms with E-state index in [4.69, 9.17) is 4.74 Å². The van der Waals surface area contributed by atoms with E-state index in [1.165, 1.54) is 38.8 Å². The first kappa shape index (κ1) is 15.3. The Morgan fingerprint density at radius 3 is 2.50 bits per heavy atom. The molecule has 5 heteroatoms. The highest BCUT2D eigenvalue weighted by atomic mass is 16.6. The number of piperidine rings is 2. The second kappa shape index (κ2) is 6.57. The molecule has 0 radical (unpaired) electrons. The third-order valence-electron chi connectivity index (χ3n) is 4.88. The van der Waals surface area contributed by atoms with E-state index in [1.54, 1.807) is 6.92 Å². The van der Waals surface area contributed by atoms with E-state index in [0.29, 0.717) is 18.6 Å². The summed E-state index contributed by atoms with van der Waals surface area (Å²) in [7, 11) is 2.32. The lowest BCUT2D eigenvalue weighted by molar-refractivity contribution is -0.947. The molecule has 2 aliphatic heterocycles. The zero-order valence-electron chi connectivity index (χ0n) is 12.6. The smallest absolute Gasteiger partial charge is 0.417 e. The Hall–Kier alpha value is -1.10. The molecular weight excluding hydrogens is 258 g/mol. The summed E-state index contributed by atoms with van der Waals surface area (Å²) in [5, 5.41) is 0. The number of ether oxygens (including phenoxy) is 2. The number of fused-ring (bicyclic) bond motifs is 1. The van der Waals surface area contributed by atoms with E-state index in [0.717, 1.165) is 10.9 Å². The first-order chi connectivity index (χ1) is 9.57. The number of rotatable bonds is 3. The van der Waals surface area contributed by atoms with Gasteiger partial charge in [0.15, 0.2) is 0 Å². The zero-order valence-corrected chi connectivity index (χ0v) is 12.6. The first-order valence-electron chi connectivity index (χ1n) is 7.75. The van der Waals surface area contributed by atoms with Crippen molar-refractivity contribution in [3.8, 4) is 0 Å². The highest BCUT2D eigenvalue weighted by Gasteiger charge is 2.44. The monoisotopic (exact) mass is 284 g/mol. The first-order valence-corrected chi connectivity index (χ1v) is 7.75. The molecule has 2 heterocycles. The molecule has 0 aromatic heterocycles. The fraction of sp³-hybridized carbons (Fsp3) is 0.867. The van der Waals surface area contributed by atoms with Gasteiger partial charge in [0.2, 0.25) is 0 Å². The molecular formula is C15H26NO4+. The van der Waals surface area contributed by atoms with Gasteiger partial charge < -0.3 is 14.0 Å². The van der Waals surface area contributed by atoms with Crippen molar-refractivity contribution >= 4 is 11.9 Å². The standard InChI is InChI=1S/C15H26NO4/c1-3-19-14(17)15(18)20-11-12-7-6-10-16(2)9-5-4-8-13(12)16/h12-13H,3-11H2,1-2H3/q+1/t12-,13+,16-/m0/s1. The molecule has 2 aliphatic rings. The molecule has 20 heavy (non-hydrogen) atoms. The van der Waals surface area contributed by atoms with Crippen LogP contribution in [-0.4, -0.2) is 55.8 Å². The highest BCUT2D eigenvalue weighted by Crippen LogP contribution is 2.36. The van der Waals surface area contributed by atoms with E-state index in [2.05, 4.69) is 11.8 Å². The second-order valence-electron chi connectivity index (χ2n) is 6.21. The normalized spacial score (nSPS) is 33.1. The zero-order chi connectivity index (χ0) is 14.6. The van der Waals surface area contributed by atoms with Crippen molar-refractivity contribution in [2.24, 2.45) is 5.92 Å². The van der Waals surface area contributed by atoms with Gasteiger partial charge in [0.05, 0.1) is 32.8 Å². The van der Waals surface area contributed by atoms with Crippen LogP contribution in [0.1, 0.15) is 39.0 Å². The van der Waals surface area contributed by atoms with E-state index < -0.39 is 11.9 Å². The van der Waals surface area contributed by atoms with Crippen LogP contribution < -0.4 is 0 Å². The van der Waals surface area contributed by atoms with Gasteiger partial charge in [-0.3, -0.25) is 0 Å². The summed E-state index contributed by atoms with van der Waals surface area (Å²) in [5.74, 6) is -1.33. The Morgan fingerprint density at radius 1 is 1.05 bits per heavy atom. The van der Waals surface area contributed by atoms with E-state index in [1.807, 2.05) is 0 Å². The quantitative estimate of drug-likeness (QED) is 0.448. The average molecular weight is 284 g/mol. The third-order valence-corrected chi connectivity index (χ3v) is 4.88. The Bertz CT molecular complexity index is 367. The maximum atomic E-state index is 11.5. The number of hydrogen-bond donors (Lipinski definition) is 0. The van der Waals surface area contributed by atoms with Crippen molar-refractivity contribution in [1.29, 1.82) is 0 Å². The Labute approximate surface area is 120 Å². The molecule has 0 amide bonds. The van der Waals surface area contributed by atoms with Crippen LogP contribution in [0.4, 0.5) is 0 Å². The van der Waals surface area contributed by atoms with Gasteiger partial charge in [0, 0.05) is 12.3 Å². The van der Waals surface area contributed by atoms with Crippen molar-refractivity contribution in [1.82, 2.24) is 0 Å². The molecule has 3 atom stereocenters. The molecule has 0 N–H and O–H groups in total. The molecule has 0 bridgehead atoms. The molecule has 5 nitrogen and oxygen atoms in total. The van der Waals surface area contributed by atoms with Gasteiger partial charge in [-0.15, -0.1) is 0 Å². The molecule has 114 valence electrons. The maximum Gasteiger partial charge on any atom is 0.417 e. The molecule has 0 saturated carbocycles. The average Bonchev–Trinajstić information content (AvgIpc) is 2.44. The summed E-state index contributed by atoms with van der Waals surface area (Å²) in [6.07, 6.45) is 6.03. The van der Waals surface area contributed by atoms with Crippen LogP contribution in [0.5, 0.6) is 0 Å². The Morgan fingerprint density at radius 2 is 1.75 bits per heavy atom. The third kappa shape index (κ3) is 3.32. The number of nitrogens with zero attached hydrogens (tertiary/aromatic N) is 1. The Balaban J connectivity index is 1.88. The lowest BCUT2D eigenvalue weighted by Crippen LogP contribution is -2.61. The van der Waals surface area contributed by atoms with Gasteiger partial charge in [0.25, 0.3) is 0 Å². The van der Waals surface area contributed by atoms with Crippen molar-refractivity contribution in [2.75, 3.05) is 33.4 Å². The fourth-order valence-corrected chi connectivity index (χ4v) is 3.86. The van der Waals surface area contributed by atoms with Crippen LogP contribution in [0.2, 0.25) is 0 Å². The summed E-state index contributed by atoms with van der Waals surface area (Å²) in [5.41, 5.74) is 0. The van der Waals surface area contributed by atoms with Gasteiger partial charge in [-0.05, 0) is 32.6 Å². The van der Waals surface area contributed by atoms with Crippen molar-refractivity contribution in [3.05, 3.63) is 0 Å². The lowest BCUT2D eigenvalue weighted by atomic mass is 9.82. The van der Waals surface area contributed by atoms with Crippen molar-refractivity contribution < 1.29 is 23.5 Å². The van der Waals surface area contributed by atoms with Gasteiger partial charge in [-0.25, -0.2) is 9.59 Å². The van der Waals surface area contributed by atoms with E-state index in [-0.39, 0.29) is 6.61 Å². The largest absolute Gasteiger partial charge is 0.458 e. The van der Waals surface area contributed by atoms with Gasteiger partial charge in [-0.2, -0.15) is 0 Å². The van der Waals surface area contributed by atoms with Crippen LogP contribution in [0.3, 0.4) is 0 Å². The van der Waals surface area contributed by atoms with Crippen LogP contribution >= 0.6 is 0 Å². The maximum absolute atomic E-state index is 11.5. The summed E-state index contributed by atoms with van der Waals surface area (Å²) < 4.78 is 10.9. The van der Waals surface area contributed by atoms with E-state index in [9.17, 15) is 9.59 Å². The highest BCUT2D eigenvalue weighted by molar-refractivity contribution is 6.29. The molecule has 2 rings (SSSR count). The molecule has 2 fully saturated rings. The number of carbonyl (C=O) groups excluding carboxylic acids is 2. The van der Waals surface area contributed by atoms with Crippen LogP contribution in [-0.2, 0) is 19.1 Å². The summed E-state index contributed by atoms with van der Waals surface area (Å²) in [6.45, 7) is 4.70. The second-order valence-corrected chi connectivity index (χ2v) is 6.21. The summed E-state index contributed by atoms with van der Waals surface area (Å²) in [4.78, 5) is 22.8.